The third-order valence-corrected chi connectivity index (χ3v) is 6.06. The highest BCUT2D eigenvalue weighted by molar-refractivity contribution is 7.92. The van der Waals surface area contributed by atoms with Crippen LogP contribution in [-0.2, 0) is 19.6 Å². The van der Waals surface area contributed by atoms with Crippen molar-refractivity contribution < 1.29 is 22.7 Å². The zero-order valence-corrected chi connectivity index (χ0v) is 18.1. The molecule has 0 bridgehead atoms. The summed E-state index contributed by atoms with van der Waals surface area (Å²) in [4.78, 5) is 27.9. The molecule has 1 fully saturated rings. The van der Waals surface area contributed by atoms with Crippen LogP contribution in [0.3, 0.4) is 0 Å². The number of nitrogens with zero attached hydrogens (tertiary/aromatic N) is 3. The van der Waals surface area contributed by atoms with Crippen molar-refractivity contribution >= 4 is 39.3 Å². The lowest BCUT2D eigenvalue weighted by Crippen LogP contribution is -2.56. The van der Waals surface area contributed by atoms with Gasteiger partial charge in [0.1, 0.15) is 6.04 Å². The van der Waals surface area contributed by atoms with Gasteiger partial charge < -0.3 is 14.5 Å². The molecule has 0 spiro atoms. The number of aryl methyl sites for hydroxylation is 1. The van der Waals surface area contributed by atoms with Crippen LogP contribution in [0.4, 0.5) is 10.5 Å². The van der Waals surface area contributed by atoms with Gasteiger partial charge in [0.15, 0.2) is 0 Å². The molecule has 0 aliphatic carbocycles. The SMILES string of the molecule is CCOC(=O)N1CCN(C(=O)[C@H](C)N(c2cc(Cl)ccc2C)S(C)(=O)=O)CC1. The standard InChI is InChI=1S/C18H26ClN3O5S/c1-5-27-18(24)21-10-8-20(9-11-21)17(23)14(3)22(28(4,25)26)16-12-15(19)7-6-13(16)2/h6-7,12,14H,5,8-11H2,1-4H3/t14-/m0/s1. The van der Waals surface area contributed by atoms with Gasteiger partial charge in [-0.25, -0.2) is 13.2 Å². The molecule has 1 saturated heterocycles. The fourth-order valence-corrected chi connectivity index (χ4v) is 4.57. The summed E-state index contributed by atoms with van der Waals surface area (Å²) in [6.45, 7) is 6.65. The lowest BCUT2D eigenvalue weighted by Gasteiger charge is -2.38. The van der Waals surface area contributed by atoms with Gasteiger partial charge in [-0.3, -0.25) is 9.10 Å². The van der Waals surface area contributed by atoms with Crippen LogP contribution in [0.5, 0.6) is 0 Å². The fraction of sp³-hybridized carbons (Fsp3) is 0.556. The number of carbonyl (C=O) groups excluding carboxylic acids is 2. The second kappa shape index (κ2) is 9.00. The van der Waals surface area contributed by atoms with Gasteiger partial charge in [0.05, 0.1) is 18.6 Å². The molecule has 1 atom stereocenters. The Labute approximate surface area is 171 Å². The number of anilines is 1. The molecule has 2 amide bonds. The molecule has 0 radical (unpaired) electrons. The predicted octanol–water partition coefficient (Wildman–Crippen LogP) is 2.10. The third kappa shape index (κ3) is 5.08. The first-order valence-corrected chi connectivity index (χ1v) is 11.2. The van der Waals surface area contributed by atoms with Gasteiger partial charge in [0.25, 0.3) is 0 Å². The van der Waals surface area contributed by atoms with E-state index in [4.69, 9.17) is 16.3 Å². The highest BCUT2D eigenvalue weighted by Crippen LogP contribution is 2.28. The van der Waals surface area contributed by atoms with Crippen LogP contribution in [0.15, 0.2) is 18.2 Å². The molecular formula is C18H26ClN3O5S. The van der Waals surface area contributed by atoms with Crippen molar-refractivity contribution in [3.63, 3.8) is 0 Å². The van der Waals surface area contributed by atoms with Crippen LogP contribution >= 0.6 is 11.6 Å². The Balaban J connectivity index is 2.19. The quantitative estimate of drug-likeness (QED) is 0.712. The van der Waals surface area contributed by atoms with E-state index in [9.17, 15) is 18.0 Å². The van der Waals surface area contributed by atoms with Crippen molar-refractivity contribution in [2.24, 2.45) is 0 Å². The number of ether oxygens (including phenoxy) is 1. The molecule has 1 aromatic rings. The lowest BCUT2D eigenvalue weighted by molar-refractivity contribution is -0.133. The second-order valence-corrected chi connectivity index (χ2v) is 8.97. The summed E-state index contributed by atoms with van der Waals surface area (Å²) >= 11 is 6.05. The fourth-order valence-electron chi connectivity index (χ4n) is 3.18. The maximum Gasteiger partial charge on any atom is 0.409 e. The van der Waals surface area contributed by atoms with Gasteiger partial charge in [-0.2, -0.15) is 0 Å². The molecule has 28 heavy (non-hydrogen) atoms. The third-order valence-electron chi connectivity index (χ3n) is 4.59. The Hall–Kier alpha value is -2.00. The minimum Gasteiger partial charge on any atom is -0.450 e. The van der Waals surface area contributed by atoms with Crippen LogP contribution in [-0.4, -0.2) is 75.3 Å². The smallest absolute Gasteiger partial charge is 0.409 e. The minimum absolute atomic E-state index is 0.289. The number of piperazine rings is 1. The summed E-state index contributed by atoms with van der Waals surface area (Å²) in [5, 5.41) is 0.386. The van der Waals surface area contributed by atoms with Gasteiger partial charge >= 0.3 is 6.09 Å². The summed E-state index contributed by atoms with van der Waals surface area (Å²) in [7, 11) is -3.73. The van der Waals surface area contributed by atoms with Crippen molar-refractivity contribution in [1.29, 1.82) is 0 Å². The number of hydrogen-bond acceptors (Lipinski definition) is 5. The summed E-state index contributed by atoms with van der Waals surface area (Å²) in [6, 6.07) is 3.98. The summed E-state index contributed by atoms with van der Waals surface area (Å²) < 4.78 is 31.0. The van der Waals surface area contributed by atoms with E-state index in [1.54, 1.807) is 43.9 Å². The van der Waals surface area contributed by atoms with E-state index in [0.717, 1.165) is 10.6 Å². The molecular weight excluding hydrogens is 406 g/mol. The topological polar surface area (TPSA) is 87.2 Å². The Morgan fingerprint density at radius 2 is 1.79 bits per heavy atom. The molecule has 156 valence electrons. The van der Waals surface area contributed by atoms with Gasteiger partial charge in [-0.15, -0.1) is 0 Å². The van der Waals surface area contributed by atoms with E-state index < -0.39 is 22.2 Å². The van der Waals surface area contributed by atoms with Gasteiger partial charge in [-0.1, -0.05) is 17.7 Å². The minimum atomic E-state index is -3.73. The first-order valence-electron chi connectivity index (χ1n) is 9.02. The Morgan fingerprint density at radius 1 is 1.21 bits per heavy atom. The van der Waals surface area contributed by atoms with Crippen molar-refractivity contribution in [2.75, 3.05) is 43.3 Å². The second-order valence-electron chi connectivity index (χ2n) is 6.68. The summed E-state index contributed by atoms with van der Waals surface area (Å²) in [6.07, 6.45) is 0.658. The number of hydrogen-bond donors (Lipinski definition) is 0. The van der Waals surface area contributed by atoms with E-state index in [0.29, 0.717) is 42.5 Å². The Bertz CT molecular complexity index is 838. The number of sulfonamides is 1. The van der Waals surface area contributed by atoms with Crippen LogP contribution in [0.2, 0.25) is 5.02 Å². The molecule has 0 unspecified atom stereocenters. The molecule has 10 heteroatoms. The van der Waals surface area contributed by atoms with E-state index in [2.05, 4.69) is 0 Å². The summed E-state index contributed by atoms with van der Waals surface area (Å²) in [5.41, 5.74) is 1.07. The maximum atomic E-state index is 13.0. The Kier molecular flexibility index (Phi) is 7.16. The lowest BCUT2D eigenvalue weighted by atomic mass is 10.1. The number of halogens is 1. The molecule has 8 nitrogen and oxygen atoms in total. The molecule has 2 rings (SSSR count). The van der Waals surface area contributed by atoms with Gasteiger partial charge in [0, 0.05) is 31.2 Å². The number of carbonyl (C=O) groups is 2. The van der Waals surface area contributed by atoms with Crippen LogP contribution in [0, 0.1) is 6.92 Å². The van der Waals surface area contributed by atoms with Gasteiger partial charge in [0.2, 0.25) is 15.9 Å². The molecule has 0 aromatic heterocycles. The van der Waals surface area contributed by atoms with E-state index in [1.165, 1.54) is 4.90 Å². The molecule has 1 aromatic carbocycles. The molecule has 1 heterocycles. The van der Waals surface area contributed by atoms with Crippen molar-refractivity contribution in [3.05, 3.63) is 28.8 Å². The normalized spacial score (nSPS) is 15.9. The maximum absolute atomic E-state index is 13.0. The number of rotatable bonds is 5. The largest absolute Gasteiger partial charge is 0.450 e. The first-order chi connectivity index (χ1) is 13.1. The molecule has 1 aliphatic heterocycles. The average Bonchev–Trinajstić information content (AvgIpc) is 2.63. The zero-order valence-electron chi connectivity index (χ0n) is 16.5. The number of benzene rings is 1. The van der Waals surface area contributed by atoms with Crippen molar-refractivity contribution in [2.45, 2.75) is 26.8 Å². The zero-order chi connectivity index (χ0) is 21.1. The molecule has 0 N–H and O–H groups in total. The van der Waals surface area contributed by atoms with Gasteiger partial charge in [-0.05, 0) is 38.5 Å². The highest BCUT2D eigenvalue weighted by atomic mass is 35.5. The van der Waals surface area contributed by atoms with E-state index in [1.807, 2.05) is 0 Å². The first kappa shape index (κ1) is 22.3. The van der Waals surface area contributed by atoms with E-state index in [-0.39, 0.29) is 12.5 Å². The average molecular weight is 432 g/mol. The molecule has 1 aliphatic rings. The Morgan fingerprint density at radius 3 is 2.32 bits per heavy atom. The summed E-state index contributed by atoms with van der Waals surface area (Å²) in [5.74, 6) is -0.326. The van der Waals surface area contributed by atoms with Crippen LogP contribution in [0.25, 0.3) is 0 Å². The number of amides is 2. The van der Waals surface area contributed by atoms with E-state index >= 15 is 0 Å². The van der Waals surface area contributed by atoms with Crippen molar-refractivity contribution in [1.82, 2.24) is 9.80 Å². The predicted molar refractivity (Wildman–Crippen MR) is 108 cm³/mol. The van der Waals surface area contributed by atoms with Crippen LogP contribution < -0.4 is 4.31 Å². The van der Waals surface area contributed by atoms with Crippen LogP contribution in [0.1, 0.15) is 19.4 Å². The molecule has 0 saturated carbocycles. The monoisotopic (exact) mass is 431 g/mol. The van der Waals surface area contributed by atoms with Crippen molar-refractivity contribution in [3.8, 4) is 0 Å². The highest BCUT2D eigenvalue weighted by Gasteiger charge is 2.34.